The second-order valence-corrected chi connectivity index (χ2v) is 10.1. The SMILES string of the molecule is COCCN(C[C@@H]1CCCN2CCCC[C@H]12)C(=O)[C@H]1CC(=O)N(c2cc(OC)c(OC)c(OC)c2)C1. The van der Waals surface area contributed by atoms with Crippen molar-refractivity contribution in [3.05, 3.63) is 12.1 Å². The Balaban J connectivity index is 1.49. The minimum atomic E-state index is -0.389. The Labute approximate surface area is 214 Å². The fourth-order valence-electron chi connectivity index (χ4n) is 6.17. The number of ether oxygens (including phenoxy) is 4. The van der Waals surface area contributed by atoms with Gasteiger partial charge in [0.1, 0.15) is 0 Å². The summed E-state index contributed by atoms with van der Waals surface area (Å²) in [6.45, 7) is 4.46. The van der Waals surface area contributed by atoms with Crippen LogP contribution in [0.1, 0.15) is 38.5 Å². The molecular formula is C27H41N3O6. The summed E-state index contributed by atoms with van der Waals surface area (Å²) in [7, 11) is 6.30. The van der Waals surface area contributed by atoms with E-state index in [0.717, 1.165) is 13.0 Å². The van der Waals surface area contributed by atoms with Crippen molar-refractivity contribution in [2.24, 2.45) is 11.8 Å². The van der Waals surface area contributed by atoms with E-state index >= 15 is 0 Å². The Kier molecular flexibility index (Phi) is 8.95. The van der Waals surface area contributed by atoms with Crippen molar-refractivity contribution < 1.29 is 28.5 Å². The van der Waals surface area contributed by atoms with E-state index < -0.39 is 0 Å². The molecule has 3 saturated heterocycles. The summed E-state index contributed by atoms with van der Waals surface area (Å²) < 4.78 is 21.7. The highest BCUT2D eigenvalue weighted by Gasteiger charge is 2.40. The number of fused-ring (bicyclic) bond motifs is 1. The molecule has 0 aromatic heterocycles. The Morgan fingerprint density at radius 3 is 2.39 bits per heavy atom. The van der Waals surface area contributed by atoms with Crippen LogP contribution in [0.25, 0.3) is 0 Å². The fraction of sp³-hybridized carbons (Fsp3) is 0.704. The van der Waals surface area contributed by atoms with E-state index in [1.807, 2.05) is 4.90 Å². The zero-order valence-corrected chi connectivity index (χ0v) is 22.2. The molecule has 2 amide bonds. The van der Waals surface area contributed by atoms with Crippen LogP contribution < -0.4 is 19.1 Å². The summed E-state index contributed by atoms with van der Waals surface area (Å²) in [6, 6.07) is 4.08. The highest BCUT2D eigenvalue weighted by Crippen LogP contribution is 2.42. The third-order valence-corrected chi connectivity index (χ3v) is 8.00. The standard InChI is InChI=1S/C27H41N3O6/c1-33-13-12-29(17-19-8-7-11-28-10-6-5-9-22(19)28)27(32)20-14-25(31)30(18-20)21-15-23(34-2)26(36-4)24(16-21)35-3/h15-16,19-20,22H,5-14,17-18H2,1-4H3/t19-,20-,22+/m0/s1. The van der Waals surface area contributed by atoms with Crippen molar-refractivity contribution in [3.8, 4) is 17.2 Å². The molecule has 0 radical (unpaired) electrons. The van der Waals surface area contributed by atoms with Gasteiger partial charge in [-0.15, -0.1) is 0 Å². The predicted molar refractivity (Wildman–Crippen MR) is 137 cm³/mol. The van der Waals surface area contributed by atoms with E-state index in [0.29, 0.717) is 54.6 Å². The maximum Gasteiger partial charge on any atom is 0.228 e. The van der Waals surface area contributed by atoms with Crippen molar-refractivity contribution in [2.75, 3.05) is 72.7 Å². The average Bonchev–Trinajstić information content (AvgIpc) is 3.31. The van der Waals surface area contributed by atoms with E-state index in [9.17, 15) is 9.59 Å². The van der Waals surface area contributed by atoms with E-state index in [1.165, 1.54) is 38.8 Å². The van der Waals surface area contributed by atoms with Crippen molar-refractivity contribution >= 4 is 17.5 Å². The van der Waals surface area contributed by atoms with Crippen LogP contribution in [-0.2, 0) is 14.3 Å². The summed E-state index contributed by atoms with van der Waals surface area (Å²) in [4.78, 5) is 33.1. The number of amides is 2. The van der Waals surface area contributed by atoms with Gasteiger partial charge in [-0.25, -0.2) is 0 Å². The zero-order chi connectivity index (χ0) is 25.7. The molecule has 1 aromatic rings. The van der Waals surface area contributed by atoms with Gasteiger partial charge in [0.15, 0.2) is 11.5 Å². The molecule has 200 valence electrons. The number of methoxy groups -OCH3 is 4. The molecule has 0 aliphatic carbocycles. The maximum atomic E-state index is 13.8. The number of hydrogen-bond acceptors (Lipinski definition) is 7. The van der Waals surface area contributed by atoms with Crippen LogP contribution in [0, 0.1) is 11.8 Å². The van der Waals surface area contributed by atoms with Gasteiger partial charge in [0, 0.05) is 51.3 Å². The number of rotatable bonds is 10. The first-order chi connectivity index (χ1) is 17.5. The topological polar surface area (TPSA) is 80.8 Å². The first-order valence-electron chi connectivity index (χ1n) is 13.1. The van der Waals surface area contributed by atoms with Crippen LogP contribution in [-0.4, -0.2) is 95.4 Å². The van der Waals surface area contributed by atoms with Crippen molar-refractivity contribution in [1.82, 2.24) is 9.80 Å². The van der Waals surface area contributed by atoms with E-state index in [1.54, 1.807) is 45.5 Å². The Morgan fingerprint density at radius 1 is 1.00 bits per heavy atom. The molecule has 0 spiro atoms. The van der Waals surface area contributed by atoms with Gasteiger partial charge in [0.05, 0.1) is 39.5 Å². The van der Waals surface area contributed by atoms with Crippen molar-refractivity contribution in [3.63, 3.8) is 0 Å². The summed E-state index contributed by atoms with van der Waals surface area (Å²) in [5, 5.41) is 0. The van der Waals surface area contributed by atoms with Crippen LogP contribution in [0.3, 0.4) is 0 Å². The molecule has 0 N–H and O–H groups in total. The quantitative estimate of drug-likeness (QED) is 0.486. The molecule has 3 aliphatic rings. The summed E-state index contributed by atoms with van der Waals surface area (Å²) >= 11 is 0. The van der Waals surface area contributed by atoms with Crippen LogP contribution >= 0.6 is 0 Å². The normalized spacial score (nSPS) is 24.4. The van der Waals surface area contributed by atoms with Crippen LogP contribution in [0.4, 0.5) is 5.69 Å². The lowest BCUT2D eigenvalue weighted by Gasteiger charge is -2.46. The number of benzene rings is 1. The summed E-state index contributed by atoms with van der Waals surface area (Å²) in [5.41, 5.74) is 0.637. The maximum absolute atomic E-state index is 13.8. The van der Waals surface area contributed by atoms with E-state index in [-0.39, 0.29) is 24.2 Å². The molecule has 9 nitrogen and oxygen atoms in total. The van der Waals surface area contributed by atoms with Crippen molar-refractivity contribution in [1.29, 1.82) is 0 Å². The predicted octanol–water partition coefficient (Wildman–Crippen LogP) is 2.80. The third kappa shape index (κ3) is 5.57. The number of nitrogens with zero attached hydrogens (tertiary/aromatic N) is 3. The molecule has 3 fully saturated rings. The fourth-order valence-corrected chi connectivity index (χ4v) is 6.17. The van der Waals surface area contributed by atoms with Gasteiger partial charge in [0.25, 0.3) is 0 Å². The van der Waals surface area contributed by atoms with Crippen LogP contribution in [0.2, 0.25) is 0 Å². The summed E-state index contributed by atoms with van der Waals surface area (Å²) in [6.07, 6.45) is 6.29. The van der Waals surface area contributed by atoms with Gasteiger partial charge < -0.3 is 33.6 Å². The second-order valence-electron chi connectivity index (χ2n) is 10.1. The molecule has 0 bridgehead atoms. The number of carbonyl (C=O) groups excluding carboxylic acids is 2. The lowest BCUT2D eigenvalue weighted by Crippen LogP contribution is -2.52. The van der Waals surface area contributed by atoms with Gasteiger partial charge in [0.2, 0.25) is 17.6 Å². The molecular weight excluding hydrogens is 462 g/mol. The third-order valence-electron chi connectivity index (χ3n) is 8.00. The minimum absolute atomic E-state index is 0.0447. The van der Waals surface area contributed by atoms with Crippen molar-refractivity contribution in [2.45, 2.75) is 44.6 Å². The Morgan fingerprint density at radius 2 is 1.72 bits per heavy atom. The van der Waals surface area contributed by atoms with Crippen LogP contribution in [0.5, 0.6) is 17.2 Å². The summed E-state index contributed by atoms with van der Waals surface area (Å²) in [5.74, 6) is 1.48. The molecule has 9 heteroatoms. The largest absolute Gasteiger partial charge is 0.493 e. The molecule has 0 saturated carbocycles. The smallest absolute Gasteiger partial charge is 0.228 e. The average molecular weight is 504 g/mol. The van der Waals surface area contributed by atoms with Gasteiger partial charge in [-0.1, -0.05) is 6.42 Å². The molecule has 3 heterocycles. The first-order valence-corrected chi connectivity index (χ1v) is 13.1. The van der Waals surface area contributed by atoms with E-state index in [4.69, 9.17) is 18.9 Å². The van der Waals surface area contributed by atoms with Gasteiger partial charge in [-0.05, 0) is 44.7 Å². The Bertz CT molecular complexity index is 898. The second kappa shape index (κ2) is 12.1. The number of hydrogen-bond donors (Lipinski definition) is 0. The molecule has 1 aromatic carbocycles. The van der Waals surface area contributed by atoms with Gasteiger partial charge in [-0.2, -0.15) is 0 Å². The number of piperidine rings is 2. The molecule has 4 rings (SSSR count). The Hall–Kier alpha value is -2.52. The molecule has 3 aliphatic heterocycles. The lowest BCUT2D eigenvalue weighted by atomic mass is 9.83. The monoisotopic (exact) mass is 503 g/mol. The number of anilines is 1. The zero-order valence-electron chi connectivity index (χ0n) is 22.2. The van der Waals surface area contributed by atoms with E-state index in [2.05, 4.69) is 4.90 Å². The van der Waals surface area contributed by atoms with Gasteiger partial charge in [-0.3, -0.25) is 9.59 Å². The molecule has 0 unspecified atom stereocenters. The van der Waals surface area contributed by atoms with Gasteiger partial charge >= 0.3 is 0 Å². The highest BCUT2D eigenvalue weighted by molar-refractivity contribution is 6.00. The molecule has 3 atom stereocenters. The lowest BCUT2D eigenvalue weighted by molar-refractivity contribution is -0.137. The highest BCUT2D eigenvalue weighted by atomic mass is 16.5. The minimum Gasteiger partial charge on any atom is -0.493 e. The van der Waals surface area contributed by atoms with Crippen LogP contribution in [0.15, 0.2) is 12.1 Å². The molecule has 36 heavy (non-hydrogen) atoms. The number of carbonyl (C=O) groups is 2. The first kappa shape index (κ1) is 26.5.